The molecule has 3 heterocycles. The van der Waals surface area contributed by atoms with E-state index in [-0.39, 0.29) is 5.78 Å². The molecule has 0 amide bonds. The fourth-order valence-electron chi connectivity index (χ4n) is 2.84. The van der Waals surface area contributed by atoms with Crippen molar-refractivity contribution in [1.29, 1.82) is 0 Å². The number of hydrogen-bond donors (Lipinski definition) is 2. The molecule has 2 N–H and O–H groups in total. The Morgan fingerprint density at radius 1 is 0.962 bits per heavy atom. The Morgan fingerprint density at radius 3 is 2.27 bits per heavy atom. The number of Topliss-reactive ketones (excluding diaryl/α,β-unsaturated/α-hetero) is 1. The molecular formula is C20H19N5O. The molecule has 0 aliphatic rings. The number of aromatic amines is 2. The molecule has 4 rings (SSSR count). The van der Waals surface area contributed by atoms with Crippen LogP contribution in [0.25, 0.3) is 33.7 Å². The van der Waals surface area contributed by atoms with E-state index in [1.54, 1.807) is 18.7 Å². The molecular weight excluding hydrogens is 326 g/mol. The first-order valence-electron chi connectivity index (χ1n) is 8.42. The van der Waals surface area contributed by atoms with Crippen molar-refractivity contribution in [3.8, 4) is 22.5 Å². The van der Waals surface area contributed by atoms with Crippen LogP contribution < -0.4 is 0 Å². The highest BCUT2D eigenvalue weighted by Gasteiger charge is 2.26. The SMILES string of the molecule is CC(C)(C)C(=O)c1c[nH]c2ncc(-c3ccc(-c4c[nH]cn4)cc3)nc12. The number of hydrogen-bond acceptors (Lipinski definition) is 4. The molecule has 130 valence electrons. The lowest BCUT2D eigenvalue weighted by Gasteiger charge is -2.15. The van der Waals surface area contributed by atoms with Gasteiger partial charge in [-0.05, 0) is 0 Å². The summed E-state index contributed by atoms with van der Waals surface area (Å²) in [6.07, 6.45) is 6.92. The Morgan fingerprint density at radius 2 is 1.65 bits per heavy atom. The monoisotopic (exact) mass is 345 g/mol. The van der Waals surface area contributed by atoms with Gasteiger partial charge < -0.3 is 9.97 Å². The van der Waals surface area contributed by atoms with Gasteiger partial charge in [-0.1, -0.05) is 45.0 Å². The maximum absolute atomic E-state index is 12.7. The van der Waals surface area contributed by atoms with Gasteiger partial charge in [-0.2, -0.15) is 0 Å². The zero-order chi connectivity index (χ0) is 18.3. The second kappa shape index (κ2) is 5.91. The van der Waals surface area contributed by atoms with Crippen molar-refractivity contribution in [2.45, 2.75) is 20.8 Å². The number of aromatic nitrogens is 5. The molecule has 0 atom stereocenters. The van der Waals surface area contributed by atoms with Crippen molar-refractivity contribution < 1.29 is 4.79 Å². The number of benzene rings is 1. The zero-order valence-electron chi connectivity index (χ0n) is 14.9. The molecule has 1 aromatic carbocycles. The van der Waals surface area contributed by atoms with E-state index in [0.717, 1.165) is 22.5 Å². The Balaban J connectivity index is 1.74. The van der Waals surface area contributed by atoms with Crippen LogP contribution in [0.5, 0.6) is 0 Å². The van der Waals surface area contributed by atoms with Gasteiger partial charge in [0.1, 0.15) is 5.52 Å². The highest BCUT2D eigenvalue weighted by molar-refractivity contribution is 6.08. The topological polar surface area (TPSA) is 87.3 Å². The van der Waals surface area contributed by atoms with Crippen molar-refractivity contribution in [3.63, 3.8) is 0 Å². The van der Waals surface area contributed by atoms with Crippen molar-refractivity contribution in [2.75, 3.05) is 0 Å². The molecule has 0 spiro atoms. The molecule has 0 fully saturated rings. The fraction of sp³-hybridized carbons (Fsp3) is 0.200. The normalized spacial score (nSPS) is 11.8. The summed E-state index contributed by atoms with van der Waals surface area (Å²) >= 11 is 0. The largest absolute Gasteiger partial charge is 0.351 e. The first kappa shape index (κ1) is 16.2. The predicted molar refractivity (Wildman–Crippen MR) is 101 cm³/mol. The van der Waals surface area contributed by atoms with Gasteiger partial charge in [-0.3, -0.25) is 4.79 Å². The Bertz CT molecular complexity index is 1070. The van der Waals surface area contributed by atoms with Crippen LogP contribution in [0, 0.1) is 5.41 Å². The third kappa shape index (κ3) is 2.79. The molecule has 4 aromatic rings. The van der Waals surface area contributed by atoms with Gasteiger partial charge in [0.15, 0.2) is 11.4 Å². The Kier molecular flexibility index (Phi) is 3.68. The molecule has 0 saturated carbocycles. The van der Waals surface area contributed by atoms with Crippen molar-refractivity contribution in [1.82, 2.24) is 24.9 Å². The number of carbonyl (C=O) groups is 1. The lowest BCUT2D eigenvalue weighted by atomic mass is 9.87. The maximum atomic E-state index is 12.7. The fourth-order valence-corrected chi connectivity index (χ4v) is 2.84. The highest BCUT2D eigenvalue weighted by Crippen LogP contribution is 2.27. The van der Waals surface area contributed by atoms with Crippen LogP contribution in [0.4, 0.5) is 0 Å². The third-order valence-electron chi connectivity index (χ3n) is 4.28. The van der Waals surface area contributed by atoms with Gasteiger partial charge in [-0.25, -0.2) is 15.0 Å². The average molecular weight is 345 g/mol. The van der Waals surface area contributed by atoms with E-state index in [1.807, 2.05) is 51.2 Å². The molecule has 6 heteroatoms. The van der Waals surface area contributed by atoms with Gasteiger partial charge in [0.05, 0.1) is 29.5 Å². The van der Waals surface area contributed by atoms with E-state index in [1.165, 1.54) is 0 Å². The second-order valence-corrected chi connectivity index (χ2v) is 7.27. The van der Waals surface area contributed by atoms with E-state index in [2.05, 4.69) is 19.9 Å². The van der Waals surface area contributed by atoms with E-state index >= 15 is 0 Å². The number of imidazole rings is 1. The Hall–Kier alpha value is -3.28. The molecule has 0 aliphatic heterocycles. The molecule has 26 heavy (non-hydrogen) atoms. The minimum Gasteiger partial charge on any atom is -0.351 e. The van der Waals surface area contributed by atoms with Gasteiger partial charge in [0, 0.05) is 28.9 Å². The number of nitrogens with zero attached hydrogens (tertiary/aromatic N) is 3. The van der Waals surface area contributed by atoms with Crippen LogP contribution in [0.1, 0.15) is 31.1 Å². The first-order valence-corrected chi connectivity index (χ1v) is 8.42. The van der Waals surface area contributed by atoms with Crippen LogP contribution in [-0.4, -0.2) is 30.7 Å². The van der Waals surface area contributed by atoms with Crippen LogP contribution in [0.3, 0.4) is 0 Å². The molecule has 0 radical (unpaired) electrons. The van der Waals surface area contributed by atoms with E-state index in [4.69, 9.17) is 4.98 Å². The minimum absolute atomic E-state index is 0.0454. The lowest BCUT2D eigenvalue weighted by Crippen LogP contribution is -2.20. The van der Waals surface area contributed by atoms with Gasteiger partial charge >= 0.3 is 0 Å². The number of nitrogens with one attached hydrogen (secondary N) is 2. The molecule has 0 bridgehead atoms. The summed E-state index contributed by atoms with van der Waals surface area (Å²) in [4.78, 5) is 32.0. The summed E-state index contributed by atoms with van der Waals surface area (Å²) < 4.78 is 0. The third-order valence-corrected chi connectivity index (χ3v) is 4.28. The molecule has 0 aliphatic carbocycles. The van der Waals surface area contributed by atoms with Gasteiger partial charge in [-0.15, -0.1) is 0 Å². The zero-order valence-corrected chi connectivity index (χ0v) is 14.9. The van der Waals surface area contributed by atoms with Crippen molar-refractivity contribution in [3.05, 3.63) is 54.7 Å². The number of rotatable bonds is 3. The van der Waals surface area contributed by atoms with E-state index in [9.17, 15) is 4.79 Å². The van der Waals surface area contributed by atoms with Gasteiger partial charge in [0.2, 0.25) is 0 Å². The molecule has 3 aromatic heterocycles. The number of ketones is 1. The summed E-state index contributed by atoms with van der Waals surface area (Å²) in [5.41, 5.74) is 4.92. The van der Waals surface area contributed by atoms with Crippen LogP contribution in [0.2, 0.25) is 0 Å². The van der Waals surface area contributed by atoms with Crippen molar-refractivity contribution in [2.24, 2.45) is 5.41 Å². The molecule has 0 saturated heterocycles. The first-order chi connectivity index (χ1) is 12.4. The lowest BCUT2D eigenvalue weighted by molar-refractivity contribution is 0.0860. The average Bonchev–Trinajstić information content (AvgIpc) is 3.30. The number of H-pyrrole nitrogens is 2. The smallest absolute Gasteiger partial charge is 0.171 e. The molecule has 0 unspecified atom stereocenters. The highest BCUT2D eigenvalue weighted by atomic mass is 16.1. The number of carbonyl (C=O) groups excluding carboxylic acids is 1. The summed E-state index contributed by atoms with van der Waals surface area (Å²) in [6.45, 7) is 5.71. The Labute approximate surface area is 150 Å². The van der Waals surface area contributed by atoms with Crippen LogP contribution >= 0.6 is 0 Å². The number of fused-ring (bicyclic) bond motifs is 1. The van der Waals surface area contributed by atoms with Gasteiger partial charge in [0.25, 0.3) is 0 Å². The summed E-state index contributed by atoms with van der Waals surface area (Å²) in [7, 11) is 0. The van der Waals surface area contributed by atoms with E-state index in [0.29, 0.717) is 16.7 Å². The summed E-state index contributed by atoms with van der Waals surface area (Å²) in [5.74, 6) is 0.0454. The summed E-state index contributed by atoms with van der Waals surface area (Å²) in [6, 6.07) is 7.96. The summed E-state index contributed by atoms with van der Waals surface area (Å²) in [5, 5.41) is 0. The second-order valence-electron chi connectivity index (χ2n) is 7.27. The van der Waals surface area contributed by atoms with E-state index < -0.39 is 5.41 Å². The standard InChI is InChI=1S/C20H19N5O/c1-20(2,3)18(26)14-8-22-19-17(14)25-16(10-23-19)13-6-4-12(5-7-13)15-9-21-11-24-15/h4-11H,1-3H3,(H,21,24)(H,22,23). The quantitative estimate of drug-likeness (QED) is 0.544. The maximum Gasteiger partial charge on any atom is 0.171 e. The van der Waals surface area contributed by atoms with Crippen LogP contribution in [-0.2, 0) is 0 Å². The van der Waals surface area contributed by atoms with Crippen LogP contribution in [0.15, 0.2) is 49.2 Å². The molecule has 6 nitrogen and oxygen atoms in total. The van der Waals surface area contributed by atoms with Crippen molar-refractivity contribution >= 4 is 16.9 Å². The predicted octanol–water partition coefficient (Wildman–Crippen LogP) is 4.24. The minimum atomic E-state index is -0.474.